The van der Waals surface area contributed by atoms with Gasteiger partial charge in [0, 0.05) is 24.8 Å². The average Bonchev–Trinajstić information content (AvgIpc) is 3.04. The van der Waals surface area contributed by atoms with E-state index in [1.165, 1.54) is 0 Å². The highest BCUT2D eigenvalue weighted by Crippen LogP contribution is 2.30. The number of carbonyl (C=O) groups excluding carboxylic acids is 2. The van der Waals surface area contributed by atoms with E-state index in [9.17, 15) is 9.59 Å². The number of nitrogens with zero attached hydrogens (tertiary/aromatic N) is 2. The minimum absolute atomic E-state index is 0.0708. The average molecular weight is 348 g/mol. The molecule has 0 radical (unpaired) electrons. The van der Waals surface area contributed by atoms with Crippen LogP contribution >= 0.6 is 0 Å². The van der Waals surface area contributed by atoms with Gasteiger partial charge in [-0.3, -0.25) is 9.59 Å². The SMILES string of the molecule is C=CCNC(=O)[C@@H]1CCCC[C@@H]1C(=O)NCc1noc(CC(C)C)n1. The van der Waals surface area contributed by atoms with E-state index >= 15 is 0 Å². The third-order valence-electron chi connectivity index (χ3n) is 4.37. The van der Waals surface area contributed by atoms with E-state index in [4.69, 9.17) is 4.52 Å². The molecule has 2 rings (SSSR count). The second-order valence-electron chi connectivity index (χ2n) is 6.95. The Kier molecular flexibility index (Phi) is 7.16. The zero-order chi connectivity index (χ0) is 18.2. The van der Waals surface area contributed by atoms with Crippen molar-refractivity contribution in [2.24, 2.45) is 17.8 Å². The van der Waals surface area contributed by atoms with E-state index in [1.807, 2.05) is 0 Å². The highest BCUT2D eigenvalue weighted by Gasteiger charge is 2.35. The van der Waals surface area contributed by atoms with E-state index in [0.29, 0.717) is 24.2 Å². The summed E-state index contributed by atoms with van der Waals surface area (Å²) in [5.74, 6) is 0.703. The molecule has 2 amide bonds. The van der Waals surface area contributed by atoms with Gasteiger partial charge in [-0.05, 0) is 18.8 Å². The van der Waals surface area contributed by atoms with Gasteiger partial charge in [-0.1, -0.05) is 37.9 Å². The molecule has 1 aromatic heterocycles. The lowest BCUT2D eigenvalue weighted by molar-refractivity contribution is -0.136. The maximum absolute atomic E-state index is 12.5. The number of aromatic nitrogens is 2. The molecule has 0 aliphatic heterocycles. The molecule has 0 saturated heterocycles. The lowest BCUT2D eigenvalue weighted by Crippen LogP contribution is -2.43. The van der Waals surface area contributed by atoms with Gasteiger partial charge >= 0.3 is 0 Å². The first-order valence-electron chi connectivity index (χ1n) is 8.99. The van der Waals surface area contributed by atoms with Gasteiger partial charge in [0.2, 0.25) is 17.7 Å². The summed E-state index contributed by atoms with van der Waals surface area (Å²) in [6.07, 6.45) is 5.75. The summed E-state index contributed by atoms with van der Waals surface area (Å²) in [7, 11) is 0. The fourth-order valence-electron chi connectivity index (χ4n) is 3.15. The Morgan fingerprint density at radius 2 is 1.88 bits per heavy atom. The Morgan fingerprint density at radius 3 is 2.48 bits per heavy atom. The molecule has 0 spiro atoms. The van der Waals surface area contributed by atoms with E-state index in [0.717, 1.165) is 32.1 Å². The second-order valence-corrected chi connectivity index (χ2v) is 6.95. The largest absolute Gasteiger partial charge is 0.352 e. The Bertz CT molecular complexity index is 597. The molecule has 1 heterocycles. The van der Waals surface area contributed by atoms with Crippen molar-refractivity contribution < 1.29 is 14.1 Å². The van der Waals surface area contributed by atoms with Gasteiger partial charge in [0.25, 0.3) is 0 Å². The molecular weight excluding hydrogens is 320 g/mol. The molecule has 7 heteroatoms. The normalized spacial score (nSPS) is 20.3. The molecular formula is C18H28N4O3. The molecule has 0 aromatic carbocycles. The first kappa shape index (κ1) is 19.1. The van der Waals surface area contributed by atoms with Crippen LogP contribution in [0.25, 0.3) is 0 Å². The topological polar surface area (TPSA) is 97.1 Å². The van der Waals surface area contributed by atoms with Crippen LogP contribution < -0.4 is 10.6 Å². The molecule has 2 atom stereocenters. The first-order chi connectivity index (χ1) is 12.0. The van der Waals surface area contributed by atoms with Gasteiger partial charge < -0.3 is 15.2 Å². The second kappa shape index (κ2) is 9.34. The predicted octanol–water partition coefficient (Wildman–Crippen LogP) is 1.99. The summed E-state index contributed by atoms with van der Waals surface area (Å²) >= 11 is 0. The van der Waals surface area contributed by atoms with Crippen LogP contribution in [0.15, 0.2) is 17.2 Å². The summed E-state index contributed by atoms with van der Waals surface area (Å²) in [6, 6.07) is 0. The van der Waals surface area contributed by atoms with Gasteiger partial charge in [0.1, 0.15) is 0 Å². The zero-order valence-electron chi connectivity index (χ0n) is 15.1. The maximum Gasteiger partial charge on any atom is 0.226 e. The van der Waals surface area contributed by atoms with Crippen LogP contribution in [0.3, 0.4) is 0 Å². The predicted molar refractivity (Wildman–Crippen MR) is 93.3 cm³/mol. The smallest absolute Gasteiger partial charge is 0.226 e. The molecule has 1 aliphatic rings. The molecule has 1 aliphatic carbocycles. The van der Waals surface area contributed by atoms with Crippen molar-refractivity contribution in [3.05, 3.63) is 24.4 Å². The van der Waals surface area contributed by atoms with E-state index in [2.05, 4.69) is 41.2 Å². The van der Waals surface area contributed by atoms with Crippen molar-refractivity contribution in [3.8, 4) is 0 Å². The highest BCUT2D eigenvalue weighted by atomic mass is 16.5. The summed E-state index contributed by atoms with van der Waals surface area (Å²) in [5.41, 5.74) is 0. The zero-order valence-corrected chi connectivity index (χ0v) is 15.1. The van der Waals surface area contributed by atoms with Crippen LogP contribution in [0.5, 0.6) is 0 Å². The fourth-order valence-corrected chi connectivity index (χ4v) is 3.15. The van der Waals surface area contributed by atoms with Crippen LogP contribution in [0.2, 0.25) is 0 Å². The highest BCUT2D eigenvalue weighted by molar-refractivity contribution is 5.87. The molecule has 2 N–H and O–H groups in total. The molecule has 138 valence electrons. The molecule has 0 unspecified atom stereocenters. The minimum atomic E-state index is -0.305. The van der Waals surface area contributed by atoms with Crippen LogP contribution in [0, 0.1) is 17.8 Å². The van der Waals surface area contributed by atoms with Crippen molar-refractivity contribution in [2.45, 2.75) is 52.5 Å². The number of hydrogen-bond acceptors (Lipinski definition) is 5. The Labute approximate surface area is 148 Å². The Balaban J connectivity index is 1.90. The van der Waals surface area contributed by atoms with Crippen molar-refractivity contribution in [3.63, 3.8) is 0 Å². The molecule has 1 aromatic rings. The third kappa shape index (κ3) is 5.69. The molecule has 7 nitrogen and oxygen atoms in total. The summed E-state index contributed by atoms with van der Waals surface area (Å²) in [5, 5.41) is 9.55. The van der Waals surface area contributed by atoms with Crippen molar-refractivity contribution >= 4 is 11.8 Å². The first-order valence-corrected chi connectivity index (χ1v) is 8.99. The number of carbonyl (C=O) groups is 2. The van der Waals surface area contributed by atoms with Gasteiger partial charge in [0.15, 0.2) is 5.82 Å². The number of amides is 2. The molecule has 0 bridgehead atoms. The van der Waals surface area contributed by atoms with Crippen LogP contribution in [0.4, 0.5) is 0 Å². The van der Waals surface area contributed by atoms with Crippen molar-refractivity contribution in [1.82, 2.24) is 20.8 Å². The summed E-state index contributed by atoms with van der Waals surface area (Å²) < 4.78 is 5.17. The van der Waals surface area contributed by atoms with E-state index < -0.39 is 0 Å². The van der Waals surface area contributed by atoms with E-state index in [1.54, 1.807) is 6.08 Å². The van der Waals surface area contributed by atoms with Crippen LogP contribution in [-0.2, 0) is 22.6 Å². The number of hydrogen-bond donors (Lipinski definition) is 2. The maximum atomic E-state index is 12.5. The standard InChI is InChI=1S/C18H28N4O3/c1-4-9-19-17(23)13-7-5-6-8-14(13)18(24)20-11-15-21-16(25-22-15)10-12(2)3/h4,12-14H,1,5-11H2,2-3H3,(H,19,23)(H,20,24)/t13-,14+/m1/s1. The van der Waals surface area contributed by atoms with Gasteiger partial charge in [-0.2, -0.15) is 4.98 Å². The lowest BCUT2D eigenvalue weighted by Gasteiger charge is -2.29. The molecule has 1 fully saturated rings. The summed E-state index contributed by atoms with van der Waals surface area (Å²) in [6.45, 7) is 8.39. The van der Waals surface area contributed by atoms with Crippen molar-refractivity contribution in [1.29, 1.82) is 0 Å². The fraction of sp³-hybridized carbons (Fsp3) is 0.667. The lowest BCUT2D eigenvalue weighted by atomic mass is 9.78. The summed E-state index contributed by atoms with van der Waals surface area (Å²) in [4.78, 5) is 29.1. The van der Waals surface area contributed by atoms with Gasteiger partial charge in [-0.15, -0.1) is 6.58 Å². The van der Waals surface area contributed by atoms with Crippen molar-refractivity contribution in [2.75, 3.05) is 6.54 Å². The third-order valence-corrected chi connectivity index (χ3v) is 4.37. The molecule has 25 heavy (non-hydrogen) atoms. The Hall–Kier alpha value is -2.18. The minimum Gasteiger partial charge on any atom is -0.352 e. The van der Waals surface area contributed by atoms with Crippen LogP contribution in [-0.4, -0.2) is 28.5 Å². The van der Waals surface area contributed by atoms with Gasteiger partial charge in [-0.25, -0.2) is 0 Å². The van der Waals surface area contributed by atoms with E-state index in [-0.39, 0.29) is 30.2 Å². The molecule has 1 saturated carbocycles. The van der Waals surface area contributed by atoms with Gasteiger partial charge in [0.05, 0.1) is 6.54 Å². The quantitative estimate of drug-likeness (QED) is 0.700. The monoisotopic (exact) mass is 348 g/mol. The number of nitrogens with one attached hydrogen (secondary N) is 2. The Morgan fingerprint density at radius 1 is 1.24 bits per heavy atom. The van der Waals surface area contributed by atoms with Crippen LogP contribution in [0.1, 0.15) is 51.2 Å². The number of rotatable bonds is 8.